The summed E-state index contributed by atoms with van der Waals surface area (Å²) >= 11 is 0. The second-order valence-electron chi connectivity index (χ2n) is 7.51. The molecule has 3 heterocycles. The Morgan fingerprint density at radius 2 is 2.00 bits per heavy atom. The molecule has 2 aliphatic heterocycles. The minimum Gasteiger partial charge on any atom is -0.340 e. The molecule has 1 amide bonds. The molecule has 6 nitrogen and oxygen atoms in total. The van der Waals surface area contributed by atoms with Crippen LogP contribution < -0.4 is 5.32 Å². The minimum absolute atomic E-state index is 0.311. The van der Waals surface area contributed by atoms with Crippen LogP contribution in [0.25, 0.3) is 0 Å². The number of nitrogens with zero attached hydrogens (tertiary/aromatic N) is 4. The van der Waals surface area contributed by atoms with E-state index in [-0.39, 0.29) is 0 Å². The fourth-order valence-electron chi connectivity index (χ4n) is 3.93. The number of likely N-dealkylation sites (tertiary alicyclic amines) is 1. The first-order valence-electron chi connectivity index (χ1n) is 10.0. The number of nitrogens with one attached hydrogen (secondary N) is 1. The number of hydrogen-bond acceptors (Lipinski definition) is 5. The van der Waals surface area contributed by atoms with Gasteiger partial charge in [-0.3, -0.25) is 9.78 Å². The predicted molar refractivity (Wildman–Crippen MR) is 104 cm³/mol. The van der Waals surface area contributed by atoms with Gasteiger partial charge in [-0.25, -0.2) is 0 Å². The molecule has 0 saturated carbocycles. The van der Waals surface area contributed by atoms with Crippen LogP contribution in [0.4, 0.5) is 0 Å². The summed E-state index contributed by atoms with van der Waals surface area (Å²) in [5.41, 5.74) is 1.18. The third-order valence-electron chi connectivity index (χ3n) is 5.74. The molecular formula is C20H33N5O. The highest BCUT2D eigenvalue weighted by molar-refractivity contribution is 5.76. The lowest BCUT2D eigenvalue weighted by molar-refractivity contribution is -0.132. The maximum absolute atomic E-state index is 12.3. The zero-order valence-corrected chi connectivity index (χ0v) is 16.1. The van der Waals surface area contributed by atoms with E-state index in [2.05, 4.69) is 39.3 Å². The number of piperidine rings is 1. The summed E-state index contributed by atoms with van der Waals surface area (Å²) in [6.45, 7) is 7.84. The van der Waals surface area contributed by atoms with Crippen molar-refractivity contribution in [3.05, 3.63) is 30.1 Å². The molecule has 3 rings (SSSR count). The lowest BCUT2D eigenvalue weighted by Crippen LogP contribution is -2.48. The Morgan fingerprint density at radius 3 is 2.69 bits per heavy atom. The second-order valence-corrected chi connectivity index (χ2v) is 7.51. The van der Waals surface area contributed by atoms with E-state index in [4.69, 9.17) is 0 Å². The molecule has 0 atom stereocenters. The summed E-state index contributed by atoms with van der Waals surface area (Å²) in [7, 11) is 2.18. The number of hydrogen-bond donors (Lipinski definition) is 1. The van der Waals surface area contributed by atoms with Gasteiger partial charge in [0.15, 0.2) is 0 Å². The van der Waals surface area contributed by atoms with Crippen molar-refractivity contribution < 1.29 is 4.79 Å². The van der Waals surface area contributed by atoms with Gasteiger partial charge in [-0.05, 0) is 45.1 Å². The number of amides is 1. The molecule has 0 aromatic carbocycles. The summed E-state index contributed by atoms with van der Waals surface area (Å²) in [5, 5.41) is 3.30. The standard InChI is InChI=1S/C20H33N5O/c1-23(12-8-20(26)25-16-10-21-11-17-25)19-6-14-24(15-7-19)13-5-18-4-2-3-9-22-18/h2-4,9,19,21H,5-8,10-17H2,1H3. The fourth-order valence-corrected chi connectivity index (χ4v) is 3.93. The van der Waals surface area contributed by atoms with Crippen molar-refractivity contribution in [1.29, 1.82) is 0 Å². The number of carbonyl (C=O) groups excluding carboxylic acids is 1. The van der Waals surface area contributed by atoms with Crippen molar-refractivity contribution >= 4 is 5.91 Å². The van der Waals surface area contributed by atoms with Crippen LogP contribution in [-0.4, -0.2) is 91.0 Å². The van der Waals surface area contributed by atoms with E-state index in [1.54, 1.807) is 0 Å². The van der Waals surface area contributed by atoms with Crippen LogP contribution in [0.2, 0.25) is 0 Å². The summed E-state index contributed by atoms with van der Waals surface area (Å²) < 4.78 is 0. The van der Waals surface area contributed by atoms with Crippen LogP contribution >= 0.6 is 0 Å². The molecule has 0 bridgehead atoms. The molecule has 0 spiro atoms. The lowest BCUT2D eigenvalue weighted by Gasteiger charge is -2.37. The fraction of sp³-hybridized carbons (Fsp3) is 0.700. The van der Waals surface area contributed by atoms with Crippen molar-refractivity contribution in [3.8, 4) is 0 Å². The van der Waals surface area contributed by atoms with E-state index in [1.807, 2.05) is 17.2 Å². The highest BCUT2D eigenvalue weighted by Crippen LogP contribution is 2.16. The van der Waals surface area contributed by atoms with E-state index in [9.17, 15) is 4.79 Å². The van der Waals surface area contributed by atoms with Crippen molar-refractivity contribution in [2.24, 2.45) is 0 Å². The number of piperazine rings is 1. The van der Waals surface area contributed by atoms with E-state index in [1.165, 1.54) is 18.5 Å². The summed E-state index contributed by atoms with van der Waals surface area (Å²) in [6, 6.07) is 6.75. The number of carbonyl (C=O) groups is 1. The van der Waals surface area contributed by atoms with Crippen molar-refractivity contribution in [3.63, 3.8) is 0 Å². The van der Waals surface area contributed by atoms with Gasteiger partial charge in [0.25, 0.3) is 0 Å². The van der Waals surface area contributed by atoms with Crippen LogP contribution in [0.1, 0.15) is 25.0 Å². The molecule has 2 fully saturated rings. The van der Waals surface area contributed by atoms with Crippen molar-refractivity contribution in [1.82, 2.24) is 25.0 Å². The Labute approximate surface area is 157 Å². The molecule has 0 radical (unpaired) electrons. The van der Waals surface area contributed by atoms with E-state index < -0.39 is 0 Å². The van der Waals surface area contributed by atoms with Crippen LogP contribution in [0, 0.1) is 0 Å². The lowest BCUT2D eigenvalue weighted by atomic mass is 10.0. The quantitative estimate of drug-likeness (QED) is 0.782. The Morgan fingerprint density at radius 1 is 1.23 bits per heavy atom. The SMILES string of the molecule is CN(CCC(=O)N1CCNCC1)C1CCN(CCc2ccccn2)CC1. The maximum Gasteiger partial charge on any atom is 0.223 e. The van der Waals surface area contributed by atoms with Gasteiger partial charge < -0.3 is 20.0 Å². The first kappa shape index (κ1) is 19.3. The number of pyridine rings is 1. The summed E-state index contributed by atoms with van der Waals surface area (Å²) in [5.74, 6) is 0.311. The molecule has 26 heavy (non-hydrogen) atoms. The molecule has 1 aromatic heterocycles. The first-order chi connectivity index (χ1) is 12.7. The Hall–Kier alpha value is -1.50. The molecule has 2 aliphatic rings. The minimum atomic E-state index is 0.311. The first-order valence-corrected chi connectivity index (χ1v) is 10.0. The molecule has 1 N–H and O–H groups in total. The molecular weight excluding hydrogens is 326 g/mol. The van der Waals surface area contributed by atoms with Gasteiger partial charge in [0.2, 0.25) is 5.91 Å². The molecule has 144 valence electrons. The third kappa shape index (κ3) is 5.76. The zero-order chi connectivity index (χ0) is 18.2. The highest BCUT2D eigenvalue weighted by atomic mass is 16.2. The van der Waals surface area contributed by atoms with E-state index in [0.29, 0.717) is 18.4 Å². The average Bonchev–Trinajstić information content (AvgIpc) is 2.72. The van der Waals surface area contributed by atoms with E-state index >= 15 is 0 Å². The number of aromatic nitrogens is 1. The van der Waals surface area contributed by atoms with Gasteiger partial charge in [-0.15, -0.1) is 0 Å². The van der Waals surface area contributed by atoms with Gasteiger partial charge >= 0.3 is 0 Å². The molecule has 6 heteroatoms. The predicted octanol–water partition coefficient (Wildman–Crippen LogP) is 0.842. The maximum atomic E-state index is 12.3. The summed E-state index contributed by atoms with van der Waals surface area (Å²) in [4.78, 5) is 23.7. The van der Waals surface area contributed by atoms with Gasteiger partial charge in [0, 0.05) is 70.0 Å². The Balaban J connectivity index is 1.32. The normalized spacial score (nSPS) is 19.8. The largest absolute Gasteiger partial charge is 0.340 e. The van der Waals surface area contributed by atoms with Crippen LogP contribution in [0.5, 0.6) is 0 Å². The van der Waals surface area contributed by atoms with Gasteiger partial charge in [-0.1, -0.05) is 6.07 Å². The molecule has 0 unspecified atom stereocenters. The van der Waals surface area contributed by atoms with Gasteiger partial charge in [0.05, 0.1) is 0 Å². The van der Waals surface area contributed by atoms with Crippen LogP contribution in [0.3, 0.4) is 0 Å². The van der Waals surface area contributed by atoms with Crippen molar-refractivity contribution in [2.45, 2.75) is 31.7 Å². The Bertz CT molecular complexity index is 538. The molecule has 2 saturated heterocycles. The van der Waals surface area contributed by atoms with E-state index in [0.717, 1.165) is 58.8 Å². The molecule has 0 aliphatic carbocycles. The highest BCUT2D eigenvalue weighted by Gasteiger charge is 2.23. The topological polar surface area (TPSA) is 51.7 Å². The number of rotatable bonds is 7. The van der Waals surface area contributed by atoms with Gasteiger partial charge in [-0.2, -0.15) is 0 Å². The zero-order valence-electron chi connectivity index (χ0n) is 16.1. The Kier molecular flexibility index (Phi) is 7.41. The second kappa shape index (κ2) is 10.00. The molecule has 1 aromatic rings. The monoisotopic (exact) mass is 359 g/mol. The van der Waals surface area contributed by atoms with Crippen LogP contribution in [0.15, 0.2) is 24.4 Å². The van der Waals surface area contributed by atoms with Crippen molar-refractivity contribution in [2.75, 3.05) is 59.4 Å². The third-order valence-corrected chi connectivity index (χ3v) is 5.74. The van der Waals surface area contributed by atoms with Crippen LogP contribution in [-0.2, 0) is 11.2 Å². The van der Waals surface area contributed by atoms with Gasteiger partial charge in [0.1, 0.15) is 0 Å². The average molecular weight is 360 g/mol. The smallest absolute Gasteiger partial charge is 0.223 e. The summed E-state index contributed by atoms with van der Waals surface area (Å²) in [6.07, 6.45) is 5.94.